The van der Waals surface area contributed by atoms with Gasteiger partial charge in [0.1, 0.15) is 12.1 Å². The first kappa shape index (κ1) is 25.7. The zero-order valence-electron chi connectivity index (χ0n) is 19.8. The summed E-state index contributed by atoms with van der Waals surface area (Å²) in [5, 5.41) is 5.81. The molecule has 0 atom stereocenters. The molecular formula is C25H31F3N4O2. The summed E-state index contributed by atoms with van der Waals surface area (Å²) in [6.07, 6.45) is 0.841. The number of nitrogens with zero attached hydrogens (tertiary/aromatic N) is 2. The molecule has 6 nitrogen and oxygen atoms in total. The highest BCUT2D eigenvalue weighted by molar-refractivity contribution is 6.01. The Labute approximate surface area is 198 Å². The molecule has 1 fully saturated rings. The maximum absolute atomic E-state index is 14.7. The summed E-state index contributed by atoms with van der Waals surface area (Å²) in [6, 6.07) is 6.29. The van der Waals surface area contributed by atoms with Gasteiger partial charge in [-0.05, 0) is 49.8 Å². The van der Waals surface area contributed by atoms with Crippen molar-refractivity contribution in [2.45, 2.75) is 20.8 Å². The number of aryl methyl sites for hydroxylation is 1. The van der Waals surface area contributed by atoms with Crippen molar-refractivity contribution in [1.29, 1.82) is 0 Å². The molecule has 1 aliphatic rings. The van der Waals surface area contributed by atoms with Crippen molar-refractivity contribution in [3.63, 3.8) is 0 Å². The third-order valence-electron chi connectivity index (χ3n) is 6.23. The van der Waals surface area contributed by atoms with E-state index in [0.717, 1.165) is 32.0 Å². The molecule has 0 radical (unpaired) electrons. The molecule has 0 aliphatic carbocycles. The highest BCUT2D eigenvalue weighted by Crippen LogP contribution is 2.33. The summed E-state index contributed by atoms with van der Waals surface area (Å²) in [5.41, 5.74) is -0.710. The Morgan fingerprint density at radius 3 is 2.44 bits per heavy atom. The van der Waals surface area contributed by atoms with Crippen molar-refractivity contribution in [3.05, 3.63) is 58.9 Å². The van der Waals surface area contributed by atoms with Crippen LogP contribution < -0.4 is 10.6 Å². The second-order valence-corrected chi connectivity index (χ2v) is 8.74. The Hall–Kier alpha value is -2.91. The van der Waals surface area contributed by atoms with Crippen LogP contribution in [-0.4, -0.2) is 67.8 Å². The second kappa shape index (κ2) is 11.0. The molecule has 3 rings (SSSR count). The topological polar surface area (TPSA) is 64.7 Å². The summed E-state index contributed by atoms with van der Waals surface area (Å²) in [7, 11) is 0. The SMILES string of the molecule is CCN(CC)CCNCC1(C=O)CN(C(=O)c2ccc(F)c(F)c2Nc2ccc(C)cc2F)C1. The van der Waals surface area contributed by atoms with E-state index in [1.807, 2.05) is 0 Å². The molecule has 1 amide bonds. The van der Waals surface area contributed by atoms with E-state index in [0.29, 0.717) is 18.7 Å². The molecule has 0 spiro atoms. The van der Waals surface area contributed by atoms with Crippen LogP contribution in [0.1, 0.15) is 29.8 Å². The minimum Gasteiger partial charge on any atom is -0.350 e. The summed E-state index contributed by atoms with van der Waals surface area (Å²) in [6.45, 7) is 10.0. The number of benzene rings is 2. The molecule has 0 aromatic heterocycles. The standard InChI is InChI=1S/C25H31F3N4O2/c1-4-31(5-2)11-10-29-13-25(16-33)14-32(15-25)24(34)18-7-8-19(26)22(28)23(18)30-21-9-6-17(3)12-20(21)27/h6-9,12,16,29-30H,4-5,10-11,13-15H2,1-3H3. The largest absolute Gasteiger partial charge is 0.350 e. The quantitative estimate of drug-likeness (QED) is 0.382. The Kier molecular flexibility index (Phi) is 8.33. The van der Waals surface area contributed by atoms with Crippen LogP contribution in [0.15, 0.2) is 30.3 Å². The van der Waals surface area contributed by atoms with E-state index in [2.05, 4.69) is 29.4 Å². The van der Waals surface area contributed by atoms with Gasteiger partial charge in [0.15, 0.2) is 11.6 Å². The predicted molar refractivity (Wildman–Crippen MR) is 126 cm³/mol. The minimum absolute atomic E-state index is 0.0765. The van der Waals surface area contributed by atoms with Crippen LogP contribution in [0.5, 0.6) is 0 Å². The number of carbonyl (C=O) groups is 2. The van der Waals surface area contributed by atoms with Crippen LogP contribution in [0.4, 0.5) is 24.5 Å². The fraction of sp³-hybridized carbons (Fsp3) is 0.440. The number of halogens is 3. The van der Waals surface area contributed by atoms with Gasteiger partial charge in [0.05, 0.1) is 22.4 Å². The molecule has 1 aliphatic heterocycles. The average Bonchev–Trinajstić information content (AvgIpc) is 2.79. The number of carbonyl (C=O) groups excluding carboxylic acids is 2. The first-order valence-electron chi connectivity index (χ1n) is 11.4. The lowest BCUT2D eigenvalue weighted by Gasteiger charge is -2.47. The first-order valence-corrected chi connectivity index (χ1v) is 11.4. The number of nitrogens with one attached hydrogen (secondary N) is 2. The molecule has 1 heterocycles. The van der Waals surface area contributed by atoms with Crippen LogP contribution in [0.2, 0.25) is 0 Å². The van der Waals surface area contributed by atoms with Crippen LogP contribution in [-0.2, 0) is 4.79 Å². The fourth-order valence-corrected chi connectivity index (χ4v) is 4.08. The molecule has 0 unspecified atom stereocenters. The molecule has 1 saturated heterocycles. The maximum Gasteiger partial charge on any atom is 0.256 e. The summed E-state index contributed by atoms with van der Waals surface area (Å²) in [5.74, 6) is -3.64. The van der Waals surface area contributed by atoms with Gasteiger partial charge in [-0.25, -0.2) is 13.2 Å². The smallest absolute Gasteiger partial charge is 0.256 e. The fourth-order valence-electron chi connectivity index (χ4n) is 4.08. The third-order valence-corrected chi connectivity index (χ3v) is 6.23. The van der Waals surface area contributed by atoms with Gasteiger partial charge < -0.3 is 25.2 Å². The number of rotatable bonds is 11. The third kappa shape index (κ3) is 5.59. The zero-order valence-corrected chi connectivity index (χ0v) is 19.8. The van der Waals surface area contributed by atoms with Gasteiger partial charge in [-0.2, -0.15) is 0 Å². The molecule has 9 heteroatoms. The lowest BCUT2D eigenvalue weighted by atomic mass is 9.80. The summed E-state index contributed by atoms with van der Waals surface area (Å²) >= 11 is 0. The number of aldehydes is 1. The van der Waals surface area contributed by atoms with Crippen molar-refractivity contribution in [2.24, 2.45) is 5.41 Å². The van der Waals surface area contributed by atoms with E-state index in [-0.39, 0.29) is 24.3 Å². The van der Waals surface area contributed by atoms with Gasteiger partial charge >= 0.3 is 0 Å². The normalized spacial score (nSPS) is 14.7. The molecule has 184 valence electrons. The highest BCUT2D eigenvalue weighted by atomic mass is 19.2. The summed E-state index contributed by atoms with van der Waals surface area (Å²) in [4.78, 5) is 28.5. The lowest BCUT2D eigenvalue weighted by molar-refractivity contribution is -0.123. The zero-order chi connectivity index (χ0) is 24.9. The van der Waals surface area contributed by atoms with Crippen molar-refractivity contribution in [2.75, 3.05) is 51.1 Å². The molecule has 0 saturated carbocycles. The van der Waals surface area contributed by atoms with Crippen LogP contribution in [0, 0.1) is 29.8 Å². The number of likely N-dealkylation sites (N-methyl/N-ethyl adjacent to an activating group) is 1. The van der Waals surface area contributed by atoms with Crippen molar-refractivity contribution in [1.82, 2.24) is 15.1 Å². The number of hydrogen-bond acceptors (Lipinski definition) is 5. The maximum atomic E-state index is 14.7. The van der Waals surface area contributed by atoms with Crippen LogP contribution >= 0.6 is 0 Å². The molecule has 2 aromatic rings. The molecule has 34 heavy (non-hydrogen) atoms. The van der Waals surface area contributed by atoms with Gasteiger partial charge in [-0.1, -0.05) is 19.9 Å². The van der Waals surface area contributed by atoms with Crippen LogP contribution in [0.25, 0.3) is 0 Å². The number of anilines is 2. The monoisotopic (exact) mass is 476 g/mol. The highest BCUT2D eigenvalue weighted by Gasteiger charge is 2.45. The number of hydrogen-bond donors (Lipinski definition) is 2. The lowest BCUT2D eigenvalue weighted by Crippen LogP contribution is -2.63. The molecular weight excluding hydrogens is 445 g/mol. The van der Waals surface area contributed by atoms with Crippen molar-refractivity contribution >= 4 is 23.6 Å². The van der Waals surface area contributed by atoms with E-state index in [4.69, 9.17) is 0 Å². The van der Waals surface area contributed by atoms with E-state index in [9.17, 15) is 22.8 Å². The van der Waals surface area contributed by atoms with Gasteiger partial charge in [-0.3, -0.25) is 4.79 Å². The Morgan fingerprint density at radius 2 is 1.82 bits per heavy atom. The molecule has 0 bridgehead atoms. The first-order chi connectivity index (χ1) is 16.2. The van der Waals surface area contributed by atoms with E-state index in [1.165, 1.54) is 23.1 Å². The van der Waals surface area contributed by atoms with Crippen molar-refractivity contribution in [3.8, 4) is 0 Å². The molecule has 2 aromatic carbocycles. The Balaban J connectivity index is 1.70. The predicted octanol–water partition coefficient (Wildman–Crippen LogP) is 3.73. The van der Waals surface area contributed by atoms with E-state index < -0.39 is 34.5 Å². The minimum atomic E-state index is -1.27. The van der Waals surface area contributed by atoms with Crippen LogP contribution in [0.3, 0.4) is 0 Å². The molecule has 2 N–H and O–H groups in total. The average molecular weight is 477 g/mol. The van der Waals surface area contributed by atoms with E-state index >= 15 is 0 Å². The number of likely N-dealkylation sites (tertiary alicyclic amines) is 1. The van der Waals surface area contributed by atoms with Crippen molar-refractivity contribution < 1.29 is 22.8 Å². The van der Waals surface area contributed by atoms with Gasteiger partial charge in [0.2, 0.25) is 0 Å². The van der Waals surface area contributed by atoms with Gasteiger partial charge in [-0.15, -0.1) is 0 Å². The van der Waals surface area contributed by atoms with E-state index in [1.54, 1.807) is 13.0 Å². The second-order valence-electron chi connectivity index (χ2n) is 8.74. The number of amides is 1. The van der Waals surface area contributed by atoms with Gasteiger partial charge in [0.25, 0.3) is 5.91 Å². The Bertz CT molecular complexity index is 1040. The summed E-state index contributed by atoms with van der Waals surface area (Å²) < 4.78 is 42.9. The Morgan fingerprint density at radius 1 is 1.12 bits per heavy atom. The van der Waals surface area contributed by atoms with Gasteiger partial charge in [0, 0.05) is 32.7 Å².